The minimum Gasteiger partial charge on any atom is -0.478 e. The van der Waals surface area contributed by atoms with E-state index in [0.29, 0.717) is 0 Å². The van der Waals surface area contributed by atoms with Crippen molar-refractivity contribution >= 4 is 23.3 Å². The lowest BCUT2D eigenvalue weighted by atomic mass is 9.86. The van der Waals surface area contributed by atoms with E-state index >= 15 is 0 Å². The van der Waals surface area contributed by atoms with Gasteiger partial charge < -0.3 is 9.94 Å². The standard InChI is InChI=1S/C18H10ClF7N2O3/c1-7-2-12(27-6-9(7)15(29)30)13-5-16(31-28-13,18(24,25)26)10-3-8(17(21,22)23)4-11(19)14(10)20/h2-4,6H,5H2,1H3,(H,29,30). The van der Waals surface area contributed by atoms with E-state index in [9.17, 15) is 35.5 Å². The fourth-order valence-corrected chi connectivity index (χ4v) is 3.22. The fourth-order valence-electron chi connectivity index (χ4n) is 3.00. The van der Waals surface area contributed by atoms with E-state index in [4.69, 9.17) is 16.7 Å². The number of alkyl halides is 6. The van der Waals surface area contributed by atoms with Gasteiger partial charge in [0.15, 0.2) is 0 Å². The summed E-state index contributed by atoms with van der Waals surface area (Å²) >= 11 is 5.43. The minimum atomic E-state index is -5.40. The molecule has 1 aliphatic heterocycles. The molecule has 0 bridgehead atoms. The number of pyridine rings is 1. The smallest absolute Gasteiger partial charge is 0.435 e. The first-order valence-electron chi connectivity index (χ1n) is 8.26. The van der Waals surface area contributed by atoms with Crippen LogP contribution < -0.4 is 0 Å². The Morgan fingerprint density at radius 1 is 1.19 bits per heavy atom. The van der Waals surface area contributed by atoms with Gasteiger partial charge in [0, 0.05) is 11.8 Å². The molecule has 31 heavy (non-hydrogen) atoms. The number of aryl methyl sites for hydroxylation is 1. The Kier molecular flexibility index (Phi) is 5.41. The topological polar surface area (TPSA) is 71.8 Å². The van der Waals surface area contributed by atoms with Crippen molar-refractivity contribution in [3.05, 3.63) is 63.2 Å². The molecule has 166 valence electrons. The van der Waals surface area contributed by atoms with Crippen molar-refractivity contribution in [2.45, 2.75) is 31.3 Å². The fraction of sp³-hybridized carbons (Fsp3) is 0.278. The Labute approximate surface area is 174 Å². The van der Waals surface area contributed by atoms with E-state index in [2.05, 4.69) is 15.0 Å². The quantitative estimate of drug-likeness (QED) is 0.603. The van der Waals surface area contributed by atoms with Crippen LogP contribution in [0.1, 0.15) is 39.2 Å². The normalized spacial score (nSPS) is 19.2. The van der Waals surface area contributed by atoms with Crippen LogP contribution in [0.2, 0.25) is 5.02 Å². The molecule has 0 amide bonds. The third-order valence-corrected chi connectivity index (χ3v) is 4.89. The second-order valence-corrected chi connectivity index (χ2v) is 7.05. The van der Waals surface area contributed by atoms with Crippen LogP contribution >= 0.6 is 11.6 Å². The average molecular weight is 471 g/mol. The Morgan fingerprint density at radius 3 is 2.35 bits per heavy atom. The molecule has 0 saturated carbocycles. The molecule has 5 nitrogen and oxygen atoms in total. The Hall–Kier alpha value is -2.89. The van der Waals surface area contributed by atoms with Crippen molar-refractivity contribution in [1.82, 2.24) is 4.98 Å². The number of hydrogen-bond acceptors (Lipinski definition) is 4. The SMILES string of the molecule is Cc1cc(C2=NOC(c3cc(C(F)(F)F)cc(Cl)c3F)(C(F)(F)F)C2)ncc1C(=O)O. The van der Waals surface area contributed by atoms with Crippen LogP contribution in [-0.4, -0.2) is 27.9 Å². The lowest BCUT2D eigenvalue weighted by molar-refractivity contribution is -0.276. The third-order valence-electron chi connectivity index (χ3n) is 4.61. The maximum atomic E-state index is 14.5. The second-order valence-electron chi connectivity index (χ2n) is 6.64. The summed E-state index contributed by atoms with van der Waals surface area (Å²) in [5.41, 5.74) is -7.46. The molecule has 2 aromatic rings. The first-order valence-corrected chi connectivity index (χ1v) is 8.64. The van der Waals surface area contributed by atoms with Gasteiger partial charge in [-0.15, -0.1) is 0 Å². The van der Waals surface area contributed by atoms with Crippen molar-refractivity contribution in [2.75, 3.05) is 0 Å². The van der Waals surface area contributed by atoms with E-state index in [1.54, 1.807) is 0 Å². The maximum Gasteiger partial charge on any atom is 0.435 e. The molecule has 2 heterocycles. The first-order chi connectivity index (χ1) is 14.2. The van der Waals surface area contributed by atoms with Gasteiger partial charge in [-0.1, -0.05) is 16.8 Å². The highest BCUT2D eigenvalue weighted by molar-refractivity contribution is 6.30. The molecule has 1 aromatic carbocycles. The number of aromatic carboxylic acids is 1. The molecule has 0 fully saturated rings. The van der Waals surface area contributed by atoms with Gasteiger partial charge in [0.25, 0.3) is 5.60 Å². The molecular weight excluding hydrogens is 461 g/mol. The predicted octanol–water partition coefficient (Wildman–Crippen LogP) is 5.48. The van der Waals surface area contributed by atoms with Gasteiger partial charge >= 0.3 is 18.3 Å². The van der Waals surface area contributed by atoms with Crippen LogP contribution in [0.3, 0.4) is 0 Å². The van der Waals surface area contributed by atoms with Gasteiger partial charge in [-0.3, -0.25) is 4.98 Å². The van der Waals surface area contributed by atoms with Gasteiger partial charge in [-0.25, -0.2) is 9.18 Å². The maximum absolute atomic E-state index is 14.5. The summed E-state index contributed by atoms with van der Waals surface area (Å²) in [6.45, 7) is 1.36. The van der Waals surface area contributed by atoms with Crippen LogP contribution in [-0.2, 0) is 16.6 Å². The highest BCUT2D eigenvalue weighted by atomic mass is 35.5. The van der Waals surface area contributed by atoms with E-state index in [-0.39, 0.29) is 29.0 Å². The zero-order valence-corrected chi connectivity index (χ0v) is 16.0. The molecule has 1 atom stereocenters. The summed E-state index contributed by atoms with van der Waals surface area (Å²) in [5.74, 6) is -3.07. The minimum absolute atomic E-state index is 0.0284. The number of hydrogen-bond donors (Lipinski definition) is 1. The lowest BCUT2D eigenvalue weighted by Crippen LogP contribution is -2.43. The van der Waals surface area contributed by atoms with E-state index in [0.717, 1.165) is 12.3 Å². The van der Waals surface area contributed by atoms with Gasteiger partial charge in [-0.2, -0.15) is 26.3 Å². The van der Waals surface area contributed by atoms with Crippen LogP contribution in [0.4, 0.5) is 30.7 Å². The molecule has 1 N–H and O–H groups in total. The molecule has 13 heteroatoms. The number of rotatable bonds is 3. The molecule has 1 aliphatic rings. The van der Waals surface area contributed by atoms with E-state index in [1.165, 1.54) is 6.92 Å². The first kappa shape index (κ1) is 22.8. The number of halogens is 8. The molecule has 0 saturated heterocycles. The van der Waals surface area contributed by atoms with Crippen LogP contribution in [0.25, 0.3) is 0 Å². The summed E-state index contributed by atoms with van der Waals surface area (Å²) in [4.78, 5) is 19.3. The van der Waals surface area contributed by atoms with Crippen LogP contribution in [0, 0.1) is 12.7 Å². The zero-order chi connectivity index (χ0) is 23.4. The third kappa shape index (κ3) is 3.91. The molecule has 0 radical (unpaired) electrons. The highest BCUT2D eigenvalue weighted by Crippen LogP contribution is 2.51. The Bertz CT molecular complexity index is 1100. The zero-order valence-electron chi connectivity index (χ0n) is 15.2. The highest BCUT2D eigenvalue weighted by Gasteiger charge is 2.64. The van der Waals surface area contributed by atoms with Crippen LogP contribution in [0.5, 0.6) is 0 Å². The van der Waals surface area contributed by atoms with Gasteiger partial charge in [0.2, 0.25) is 0 Å². The van der Waals surface area contributed by atoms with Gasteiger partial charge in [0.1, 0.15) is 11.5 Å². The molecule has 0 spiro atoms. The second kappa shape index (κ2) is 7.36. The molecular formula is C18H10ClF7N2O3. The van der Waals surface area contributed by atoms with Crippen molar-refractivity contribution in [2.24, 2.45) is 5.16 Å². The summed E-state index contributed by atoms with van der Waals surface area (Å²) in [7, 11) is 0. The van der Waals surface area contributed by atoms with Gasteiger partial charge in [-0.05, 0) is 30.7 Å². The summed E-state index contributed by atoms with van der Waals surface area (Å²) < 4.78 is 95.8. The van der Waals surface area contributed by atoms with Gasteiger partial charge in [0.05, 0.1) is 28.3 Å². The van der Waals surface area contributed by atoms with Crippen molar-refractivity contribution < 1.29 is 45.5 Å². The predicted molar refractivity (Wildman–Crippen MR) is 92.3 cm³/mol. The monoisotopic (exact) mass is 470 g/mol. The number of aromatic nitrogens is 1. The summed E-state index contributed by atoms with van der Waals surface area (Å²) in [6.07, 6.45) is -10.8. The van der Waals surface area contributed by atoms with Crippen molar-refractivity contribution in [3.8, 4) is 0 Å². The average Bonchev–Trinajstić information content (AvgIpc) is 3.09. The molecule has 1 aromatic heterocycles. The number of carboxylic acids is 1. The molecule has 0 aliphatic carbocycles. The molecule has 1 unspecified atom stereocenters. The van der Waals surface area contributed by atoms with E-state index in [1.807, 2.05) is 0 Å². The number of carbonyl (C=O) groups is 1. The molecule has 3 rings (SSSR count). The van der Waals surface area contributed by atoms with Crippen molar-refractivity contribution in [3.63, 3.8) is 0 Å². The number of benzene rings is 1. The van der Waals surface area contributed by atoms with Crippen molar-refractivity contribution in [1.29, 1.82) is 0 Å². The van der Waals surface area contributed by atoms with Crippen LogP contribution in [0.15, 0.2) is 29.6 Å². The summed E-state index contributed by atoms with van der Waals surface area (Å²) in [6, 6.07) is 1.25. The number of oxime groups is 1. The largest absolute Gasteiger partial charge is 0.478 e. The Morgan fingerprint density at radius 2 is 1.84 bits per heavy atom. The van der Waals surface area contributed by atoms with E-state index < -0.39 is 58.0 Å². The Balaban J connectivity index is 2.12. The lowest BCUT2D eigenvalue weighted by Gasteiger charge is -2.30. The number of nitrogens with zero attached hydrogens (tertiary/aromatic N) is 2. The number of carboxylic acid groups (broad SMARTS) is 1. The summed E-state index contributed by atoms with van der Waals surface area (Å²) in [5, 5.41) is 11.1.